The summed E-state index contributed by atoms with van der Waals surface area (Å²) in [7, 11) is 1.86. The van der Waals surface area contributed by atoms with E-state index in [1.807, 2.05) is 42.9 Å². The number of hydrogen-bond donors (Lipinski definition) is 3. The Morgan fingerprint density at radius 2 is 2.06 bits per heavy atom. The Labute approximate surface area is 197 Å². The van der Waals surface area contributed by atoms with Crippen LogP contribution in [0.2, 0.25) is 0 Å². The summed E-state index contributed by atoms with van der Waals surface area (Å²) in [5.74, 6) is 0.726. The van der Waals surface area contributed by atoms with Gasteiger partial charge in [-0.2, -0.15) is 0 Å². The smallest absolute Gasteiger partial charge is 0.140 e. The highest BCUT2D eigenvalue weighted by Crippen LogP contribution is 2.39. The van der Waals surface area contributed by atoms with Gasteiger partial charge in [0.1, 0.15) is 29.7 Å². The molecule has 9 nitrogen and oxygen atoms in total. The van der Waals surface area contributed by atoms with E-state index in [4.69, 9.17) is 4.74 Å². The highest BCUT2D eigenvalue weighted by atomic mass is 16.5. The quantitative estimate of drug-likeness (QED) is 0.427. The lowest BCUT2D eigenvalue weighted by atomic mass is 9.96. The molecule has 0 amide bonds. The van der Waals surface area contributed by atoms with Crippen LogP contribution in [0, 0.1) is 6.92 Å². The van der Waals surface area contributed by atoms with Crippen LogP contribution in [-0.4, -0.2) is 59.6 Å². The van der Waals surface area contributed by atoms with Crippen LogP contribution in [-0.2, 0) is 20.0 Å². The summed E-state index contributed by atoms with van der Waals surface area (Å²) >= 11 is 0. The topological polar surface area (TPSA) is 110 Å². The first-order valence-electron chi connectivity index (χ1n) is 11.7. The number of aromatic nitrogens is 5. The Morgan fingerprint density at radius 3 is 2.88 bits per heavy atom. The van der Waals surface area contributed by atoms with Gasteiger partial charge in [0, 0.05) is 48.9 Å². The number of aliphatic hydroxyl groups is 2. The average molecular weight is 461 g/mol. The van der Waals surface area contributed by atoms with E-state index in [2.05, 4.69) is 26.7 Å². The molecule has 34 heavy (non-hydrogen) atoms. The zero-order valence-corrected chi connectivity index (χ0v) is 19.2. The Kier molecular flexibility index (Phi) is 5.13. The molecule has 9 heteroatoms. The van der Waals surface area contributed by atoms with Gasteiger partial charge in [-0.1, -0.05) is 5.21 Å². The van der Waals surface area contributed by atoms with Crippen LogP contribution >= 0.6 is 0 Å². The first-order valence-corrected chi connectivity index (χ1v) is 11.7. The molecule has 0 bridgehead atoms. The van der Waals surface area contributed by atoms with Crippen molar-refractivity contribution < 1.29 is 14.9 Å². The number of nitrogens with zero attached hydrogens (tertiary/aromatic N) is 5. The van der Waals surface area contributed by atoms with E-state index in [0.717, 1.165) is 52.1 Å². The molecule has 4 heterocycles. The zero-order chi connectivity index (χ0) is 23.4. The predicted octanol–water partition coefficient (Wildman–Crippen LogP) is 1.90. The monoisotopic (exact) mass is 460 g/mol. The van der Waals surface area contributed by atoms with Gasteiger partial charge in [-0.05, 0) is 55.3 Å². The molecule has 4 atom stereocenters. The van der Waals surface area contributed by atoms with Gasteiger partial charge in [-0.15, -0.1) is 5.10 Å². The van der Waals surface area contributed by atoms with Crippen molar-refractivity contribution in [2.24, 2.45) is 7.05 Å². The minimum absolute atomic E-state index is 0.329. The number of benzene rings is 1. The van der Waals surface area contributed by atoms with E-state index in [9.17, 15) is 10.2 Å². The van der Waals surface area contributed by atoms with Crippen LogP contribution in [0.15, 0.2) is 42.9 Å². The molecule has 1 fully saturated rings. The largest absolute Gasteiger partial charge is 0.487 e. The van der Waals surface area contributed by atoms with Crippen LogP contribution in [0.25, 0.3) is 22.3 Å². The summed E-state index contributed by atoms with van der Waals surface area (Å²) in [6, 6.07) is 7.82. The summed E-state index contributed by atoms with van der Waals surface area (Å²) in [4.78, 5) is 4.53. The third-order valence-corrected chi connectivity index (χ3v) is 7.25. The maximum Gasteiger partial charge on any atom is 0.140 e. The van der Waals surface area contributed by atoms with Gasteiger partial charge in [0.05, 0.1) is 17.9 Å². The maximum absolute atomic E-state index is 11.0. The van der Waals surface area contributed by atoms with E-state index < -0.39 is 18.3 Å². The minimum atomic E-state index is -1.01. The predicted molar refractivity (Wildman–Crippen MR) is 126 cm³/mol. The Balaban J connectivity index is 1.34. The van der Waals surface area contributed by atoms with Gasteiger partial charge < -0.3 is 24.8 Å². The summed E-state index contributed by atoms with van der Waals surface area (Å²) < 4.78 is 10.2. The van der Waals surface area contributed by atoms with Crippen LogP contribution < -0.4 is 10.1 Å². The van der Waals surface area contributed by atoms with E-state index in [0.29, 0.717) is 13.0 Å². The number of rotatable bonds is 4. The minimum Gasteiger partial charge on any atom is -0.487 e. The molecular weight excluding hydrogens is 432 g/mol. The molecule has 1 aromatic carbocycles. The van der Waals surface area contributed by atoms with Gasteiger partial charge in [0.2, 0.25) is 0 Å². The van der Waals surface area contributed by atoms with E-state index >= 15 is 0 Å². The fourth-order valence-electron chi connectivity index (χ4n) is 5.35. The van der Waals surface area contributed by atoms with Crippen molar-refractivity contribution in [3.63, 3.8) is 0 Å². The number of nitrogens with one attached hydrogen (secondary N) is 1. The molecule has 0 radical (unpaired) electrons. The van der Waals surface area contributed by atoms with Crippen molar-refractivity contribution in [1.82, 2.24) is 29.9 Å². The molecule has 0 saturated heterocycles. The maximum atomic E-state index is 11.0. The molecule has 2 aliphatic rings. The molecule has 1 saturated carbocycles. The fraction of sp³-hybridized carbons (Fsp3) is 0.400. The lowest BCUT2D eigenvalue weighted by Gasteiger charge is -2.25. The molecule has 176 valence electrons. The van der Waals surface area contributed by atoms with Crippen molar-refractivity contribution in [2.75, 3.05) is 6.54 Å². The van der Waals surface area contributed by atoms with Crippen LogP contribution in [0.3, 0.4) is 0 Å². The molecule has 3 N–H and O–H groups in total. The second-order valence-electron chi connectivity index (χ2n) is 9.31. The van der Waals surface area contributed by atoms with Crippen LogP contribution in [0.4, 0.5) is 0 Å². The second kappa shape index (κ2) is 8.19. The number of aliphatic hydroxyl groups excluding tert-OH is 2. The average Bonchev–Trinajstić information content (AvgIpc) is 3.53. The molecule has 6 rings (SSSR count). The summed E-state index contributed by atoms with van der Waals surface area (Å²) in [6.07, 6.45) is 4.30. The normalized spacial score (nSPS) is 24.5. The van der Waals surface area contributed by atoms with E-state index in [1.165, 1.54) is 5.56 Å². The first kappa shape index (κ1) is 21.3. The van der Waals surface area contributed by atoms with Gasteiger partial charge in [0.25, 0.3) is 0 Å². The molecule has 0 unspecified atom stereocenters. The molecule has 0 spiro atoms. The number of ether oxygens (including phenoxy) is 1. The Hall–Kier alpha value is -3.27. The molecule has 3 aromatic heterocycles. The lowest BCUT2D eigenvalue weighted by molar-refractivity contribution is -0.0166. The second-order valence-corrected chi connectivity index (χ2v) is 9.31. The highest BCUT2D eigenvalue weighted by molar-refractivity contribution is 5.79. The van der Waals surface area contributed by atoms with Crippen molar-refractivity contribution in [2.45, 2.75) is 50.7 Å². The van der Waals surface area contributed by atoms with Crippen LogP contribution in [0.5, 0.6) is 5.75 Å². The van der Waals surface area contributed by atoms with Crippen molar-refractivity contribution in [3.8, 4) is 17.0 Å². The molecule has 1 aliphatic heterocycles. The Morgan fingerprint density at radius 1 is 1.18 bits per heavy atom. The first-order chi connectivity index (χ1) is 16.5. The Bertz CT molecular complexity index is 1360. The number of aryl methyl sites for hydroxylation is 2. The van der Waals surface area contributed by atoms with Gasteiger partial charge >= 0.3 is 0 Å². The van der Waals surface area contributed by atoms with E-state index in [-0.39, 0.29) is 6.04 Å². The number of pyridine rings is 1. The molecular formula is C25H28N6O3. The zero-order valence-electron chi connectivity index (χ0n) is 19.2. The van der Waals surface area contributed by atoms with E-state index in [1.54, 1.807) is 17.1 Å². The number of hydrogen-bond acceptors (Lipinski definition) is 7. The van der Waals surface area contributed by atoms with Gasteiger partial charge in [-0.3, -0.25) is 0 Å². The summed E-state index contributed by atoms with van der Waals surface area (Å²) in [5, 5.41) is 34.5. The molecule has 4 aromatic rings. The summed E-state index contributed by atoms with van der Waals surface area (Å²) in [5.41, 5.74) is 6.13. The van der Waals surface area contributed by atoms with Gasteiger partial charge in [0.15, 0.2) is 0 Å². The SMILES string of the molecule is Cc1ccnc2c1ccn2[C@@H]1C[C@H](Oc2cc(-c3cnnn3C)cc3c2CNCC3)[C@@H](O)[C@H]1O. The number of fused-ring (bicyclic) bond motifs is 2. The highest BCUT2D eigenvalue weighted by Gasteiger charge is 2.44. The third-order valence-electron chi connectivity index (χ3n) is 7.25. The summed E-state index contributed by atoms with van der Waals surface area (Å²) in [6.45, 7) is 3.65. The van der Waals surface area contributed by atoms with Crippen molar-refractivity contribution in [3.05, 3.63) is 59.5 Å². The fourth-order valence-corrected chi connectivity index (χ4v) is 5.35. The van der Waals surface area contributed by atoms with Gasteiger partial charge in [-0.25, -0.2) is 9.67 Å². The van der Waals surface area contributed by atoms with Crippen molar-refractivity contribution in [1.29, 1.82) is 0 Å². The van der Waals surface area contributed by atoms with Crippen LogP contribution in [0.1, 0.15) is 29.2 Å². The third kappa shape index (κ3) is 3.39. The molecule has 1 aliphatic carbocycles. The lowest BCUT2D eigenvalue weighted by Crippen LogP contribution is -2.35. The standard InChI is InChI=1S/C25H28N6O3/c1-14-3-7-27-25-17(14)5-8-31(25)19-11-22(24(33)23(19)32)34-21-10-16(20-13-28-29-30(20)2)9-15-4-6-26-12-18(15)21/h3,5,7-10,13,19,22-24,26,32-33H,4,6,11-12H2,1-2H3/t19-,22+,23+,24-/m1/s1. The van der Waals surface area contributed by atoms with Crippen molar-refractivity contribution >= 4 is 11.0 Å².